The van der Waals surface area contributed by atoms with Crippen LogP contribution in [-0.2, 0) is 17.6 Å². The van der Waals surface area contributed by atoms with E-state index in [0.717, 1.165) is 31.1 Å². The summed E-state index contributed by atoms with van der Waals surface area (Å²) in [5, 5.41) is 0. The van der Waals surface area contributed by atoms with Crippen molar-refractivity contribution in [3.8, 4) is 11.1 Å². The number of aryl methyl sites for hydroxylation is 2. The molecule has 0 saturated heterocycles. The fraction of sp³-hybridized carbons (Fsp3) is 0.435. The lowest BCUT2D eigenvalue weighted by molar-refractivity contribution is -0.108. The second kappa shape index (κ2) is 8.28. The molecule has 0 saturated carbocycles. The van der Waals surface area contributed by atoms with Crippen molar-refractivity contribution < 1.29 is 4.79 Å². The summed E-state index contributed by atoms with van der Waals surface area (Å²) in [6.45, 7) is 10.8. The van der Waals surface area contributed by atoms with Crippen molar-refractivity contribution in [2.24, 2.45) is 0 Å². The molecular formula is C23H30O. The second-order valence-electron chi connectivity index (χ2n) is 6.88. The first kappa shape index (κ1) is 18.4. The largest absolute Gasteiger partial charge is 0.303 e. The average molecular weight is 322 g/mol. The maximum absolute atomic E-state index is 11.1. The van der Waals surface area contributed by atoms with Crippen LogP contribution in [0.15, 0.2) is 30.3 Å². The number of benzene rings is 2. The third kappa shape index (κ3) is 3.77. The minimum absolute atomic E-state index is 0.0390. The van der Waals surface area contributed by atoms with Gasteiger partial charge in [-0.1, -0.05) is 63.9 Å². The van der Waals surface area contributed by atoms with Crippen molar-refractivity contribution in [3.63, 3.8) is 0 Å². The van der Waals surface area contributed by atoms with Crippen LogP contribution in [0, 0.1) is 13.8 Å². The summed E-state index contributed by atoms with van der Waals surface area (Å²) in [5.41, 5.74) is 9.41. The average Bonchev–Trinajstić information content (AvgIpc) is 2.57. The normalized spacial score (nSPS) is 12.2. The molecule has 0 spiro atoms. The highest BCUT2D eigenvalue weighted by Crippen LogP contribution is 2.32. The highest BCUT2D eigenvalue weighted by molar-refractivity contribution is 5.72. The Morgan fingerprint density at radius 1 is 0.917 bits per heavy atom. The van der Waals surface area contributed by atoms with Crippen LogP contribution in [-0.4, -0.2) is 6.29 Å². The number of rotatable bonds is 7. The molecule has 1 unspecified atom stereocenters. The Labute approximate surface area is 147 Å². The monoisotopic (exact) mass is 322 g/mol. The summed E-state index contributed by atoms with van der Waals surface area (Å²) in [6.07, 6.45) is 5.63. The first-order chi connectivity index (χ1) is 11.5. The van der Waals surface area contributed by atoms with E-state index in [9.17, 15) is 4.79 Å². The topological polar surface area (TPSA) is 17.1 Å². The lowest BCUT2D eigenvalue weighted by Gasteiger charge is -2.18. The van der Waals surface area contributed by atoms with Gasteiger partial charge in [0.05, 0.1) is 0 Å². The van der Waals surface area contributed by atoms with E-state index in [4.69, 9.17) is 0 Å². The zero-order valence-electron chi connectivity index (χ0n) is 15.8. The van der Waals surface area contributed by atoms with E-state index in [1.165, 1.54) is 39.8 Å². The molecule has 0 amide bonds. The van der Waals surface area contributed by atoms with E-state index < -0.39 is 0 Å². The summed E-state index contributed by atoms with van der Waals surface area (Å²) in [5.74, 6) is -0.0390. The summed E-state index contributed by atoms with van der Waals surface area (Å²) in [6, 6.07) is 11.1. The summed E-state index contributed by atoms with van der Waals surface area (Å²) in [7, 11) is 0. The van der Waals surface area contributed by atoms with Gasteiger partial charge in [0.25, 0.3) is 0 Å². The second-order valence-corrected chi connectivity index (χ2v) is 6.88. The minimum Gasteiger partial charge on any atom is -0.303 e. The van der Waals surface area contributed by atoms with Crippen LogP contribution in [0.4, 0.5) is 0 Å². The smallest absolute Gasteiger partial charge is 0.127 e. The fourth-order valence-electron chi connectivity index (χ4n) is 3.64. The van der Waals surface area contributed by atoms with E-state index in [0.29, 0.717) is 0 Å². The fourth-order valence-corrected chi connectivity index (χ4v) is 3.64. The zero-order chi connectivity index (χ0) is 17.7. The molecule has 0 aliphatic carbocycles. The summed E-state index contributed by atoms with van der Waals surface area (Å²) in [4.78, 5) is 11.1. The summed E-state index contributed by atoms with van der Waals surface area (Å²) < 4.78 is 0. The molecule has 0 aromatic heterocycles. The lowest BCUT2D eigenvalue weighted by Crippen LogP contribution is -2.02. The maximum atomic E-state index is 11.1. The lowest BCUT2D eigenvalue weighted by atomic mass is 9.86. The van der Waals surface area contributed by atoms with Crippen LogP contribution in [0.1, 0.15) is 67.3 Å². The Morgan fingerprint density at radius 3 is 2.17 bits per heavy atom. The van der Waals surface area contributed by atoms with Crippen molar-refractivity contribution in [2.45, 2.75) is 66.2 Å². The maximum Gasteiger partial charge on any atom is 0.127 e. The molecule has 1 heteroatoms. The van der Waals surface area contributed by atoms with Gasteiger partial charge in [-0.2, -0.15) is 0 Å². The first-order valence-electron chi connectivity index (χ1n) is 9.21. The Morgan fingerprint density at radius 2 is 1.58 bits per heavy atom. The van der Waals surface area contributed by atoms with Crippen LogP contribution in [0.2, 0.25) is 0 Å². The first-order valence-corrected chi connectivity index (χ1v) is 9.21. The van der Waals surface area contributed by atoms with Gasteiger partial charge in [0.15, 0.2) is 0 Å². The van der Waals surface area contributed by atoms with E-state index >= 15 is 0 Å². The van der Waals surface area contributed by atoms with Gasteiger partial charge in [0.1, 0.15) is 6.29 Å². The van der Waals surface area contributed by atoms with Gasteiger partial charge in [0.2, 0.25) is 0 Å². The van der Waals surface area contributed by atoms with Crippen LogP contribution < -0.4 is 0 Å². The third-order valence-electron chi connectivity index (χ3n) is 4.94. The quantitative estimate of drug-likeness (QED) is 0.556. The van der Waals surface area contributed by atoms with Gasteiger partial charge >= 0.3 is 0 Å². The Bertz CT molecular complexity index is 712. The van der Waals surface area contributed by atoms with E-state index in [1.807, 2.05) is 6.92 Å². The highest BCUT2D eigenvalue weighted by Gasteiger charge is 2.14. The van der Waals surface area contributed by atoms with Crippen molar-refractivity contribution in [2.75, 3.05) is 0 Å². The van der Waals surface area contributed by atoms with Gasteiger partial charge < -0.3 is 4.79 Å². The molecule has 0 bridgehead atoms. The molecule has 128 valence electrons. The molecule has 24 heavy (non-hydrogen) atoms. The predicted octanol–water partition coefficient (Wildman–Crippen LogP) is 6.18. The van der Waals surface area contributed by atoms with Gasteiger partial charge in [-0.05, 0) is 65.6 Å². The van der Waals surface area contributed by atoms with Crippen molar-refractivity contribution in [1.29, 1.82) is 0 Å². The van der Waals surface area contributed by atoms with Gasteiger partial charge in [0, 0.05) is 5.92 Å². The predicted molar refractivity (Wildman–Crippen MR) is 104 cm³/mol. The zero-order valence-corrected chi connectivity index (χ0v) is 15.8. The van der Waals surface area contributed by atoms with Gasteiger partial charge in [-0.25, -0.2) is 0 Å². The highest BCUT2D eigenvalue weighted by atomic mass is 16.1. The molecule has 0 heterocycles. The van der Waals surface area contributed by atoms with Crippen molar-refractivity contribution in [1.82, 2.24) is 0 Å². The van der Waals surface area contributed by atoms with E-state index in [1.54, 1.807) is 0 Å². The number of carbonyl (C=O) groups is 1. The Balaban J connectivity index is 2.57. The molecule has 0 aliphatic rings. The van der Waals surface area contributed by atoms with Crippen molar-refractivity contribution in [3.05, 3.63) is 58.1 Å². The van der Waals surface area contributed by atoms with E-state index in [2.05, 4.69) is 58.0 Å². The number of aldehydes is 1. The van der Waals surface area contributed by atoms with Crippen LogP contribution in [0.3, 0.4) is 0 Å². The number of carbonyl (C=O) groups excluding carboxylic acids is 1. The van der Waals surface area contributed by atoms with Gasteiger partial charge in [-0.15, -0.1) is 0 Å². The van der Waals surface area contributed by atoms with Gasteiger partial charge in [-0.3, -0.25) is 0 Å². The van der Waals surface area contributed by atoms with Crippen LogP contribution in [0.25, 0.3) is 11.1 Å². The summed E-state index contributed by atoms with van der Waals surface area (Å²) >= 11 is 0. The van der Waals surface area contributed by atoms with Crippen LogP contribution in [0.5, 0.6) is 0 Å². The molecule has 2 aromatic carbocycles. The molecule has 1 nitrogen and oxygen atoms in total. The third-order valence-corrected chi connectivity index (χ3v) is 4.94. The molecule has 0 radical (unpaired) electrons. The standard InChI is InChI=1S/C23H30O/c1-6-8-21-16(3)10-12-22(23(21)9-7-2)19-11-13-20(17(4)14-19)18(5)15-24/h10-15,18H,6-9H2,1-5H3. The van der Waals surface area contributed by atoms with E-state index in [-0.39, 0.29) is 5.92 Å². The van der Waals surface area contributed by atoms with Crippen molar-refractivity contribution >= 4 is 6.29 Å². The number of hydrogen-bond donors (Lipinski definition) is 0. The SMILES string of the molecule is CCCc1c(C)ccc(-c2ccc(C(C)C=O)c(C)c2)c1CCC. The molecule has 2 aromatic rings. The number of hydrogen-bond acceptors (Lipinski definition) is 1. The van der Waals surface area contributed by atoms with Crippen LogP contribution >= 0.6 is 0 Å². The molecule has 1 atom stereocenters. The molecule has 0 fully saturated rings. The minimum atomic E-state index is -0.0390. The Kier molecular flexibility index (Phi) is 6.36. The molecular weight excluding hydrogens is 292 g/mol. The molecule has 2 rings (SSSR count). The molecule has 0 N–H and O–H groups in total. The Hall–Kier alpha value is -1.89. The molecule has 0 aliphatic heterocycles.